The van der Waals surface area contributed by atoms with Crippen molar-refractivity contribution in [1.29, 1.82) is 0 Å². The van der Waals surface area contributed by atoms with Gasteiger partial charge in [-0.3, -0.25) is 9.97 Å². The summed E-state index contributed by atoms with van der Waals surface area (Å²) in [6.45, 7) is 4.19. The molecule has 3 heterocycles. The second-order valence-electron chi connectivity index (χ2n) is 15.4. The number of pyridine rings is 3. The lowest BCUT2D eigenvalue weighted by molar-refractivity contribution is 1.32. The van der Waals surface area contributed by atoms with Gasteiger partial charge in [0.15, 0.2) is 0 Å². The van der Waals surface area contributed by atoms with E-state index in [0.717, 1.165) is 60.8 Å². The van der Waals surface area contributed by atoms with Gasteiger partial charge in [0.25, 0.3) is 0 Å². The zero-order chi connectivity index (χ0) is 40.2. The van der Waals surface area contributed by atoms with Gasteiger partial charge in [-0.1, -0.05) is 140 Å². The normalized spacial score (nSPS) is 12.2. The lowest BCUT2D eigenvalue weighted by Gasteiger charge is -2.21. The first-order chi connectivity index (χ1) is 29.7. The van der Waals surface area contributed by atoms with Crippen molar-refractivity contribution in [2.24, 2.45) is 0 Å². The minimum Gasteiger partial charge on any atom is -0.264 e. The van der Waals surface area contributed by atoms with Crippen LogP contribution in [0.25, 0.3) is 115 Å². The van der Waals surface area contributed by atoms with E-state index >= 15 is 0 Å². The lowest BCUT2D eigenvalue weighted by Crippen LogP contribution is -1.97. The van der Waals surface area contributed by atoms with Crippen LogP contribution in [0.5, 0.6) is 0 Å². The maximum absolute atomic E-state index is 5.58. The number of allylic oxidation sites excluding steroid dienone is 4. The van der Waals surface area contributed by atoms with Crippen molar-refractivity contribution in [3.63, 3.8) is 0 Å². The molecular weight excluding hydrogens is 727 g/mol. The van der Waals surface area contributed by atoms with Gasteiger partial charge in [-0.05, 0) is 127 Å². The molecule has 0 aliphatic rings. The fourth-order valence-electron chi connectivity index (χ4n) is 9.42. The highest BCUT2D eigenvalue weighted by Gasteiger charge is 2.22. The molecule has 0 spiro atoms. The van der Waals surface area contributed by atoms with Crippen LogP contribution >= 0.6 is 0 Å². The topological polar surface area (TPSA) is 38.7 Å². The molecule has 0 saturated heterocycles. The minimum atomic E-state index is 0.988. The largest absolute Gasteiger partial charge is 0.264 e. The summed E-state index contributed by atoms with van der Waals surface area (Å²) in [7, 11) is 0. The second kappa shape index (κ2) is 14.6. The fourth-order valence-corrected chi connectivity index (χ4v) is 9.42. The van der Waals surface area contributed by atoms with Crippen molar-refractivity contribution in [2.45, 2.75) is 13.8 Å². The Labute approximate surface area is 348 Å². The molecule has 3 nitrogen and oxygen atoms in total. The first kappa shape index (κ1) is 35.4. The molecule has 0 aliphatic heterocycles. The van der Waals surface area contributed by atoms with E-state index in [9.17, 15) is 0 Å². The van der Waals surface area contributed by atoms with Gasteiger partial charge in [0, 0.05) is 57.5 Å². The molecule has 282 valence electrons. The van der Waals surface area contributed by atoms with E-state index in [1.54, 1.807) is 0 Å². The Balaban J connectivity index is 1.27. The Morgan fingerprint density at radius 3 is 1.57 bits per heavy atom. The Morgan fingerprint density at radius 1 is 0.433 bits per heavy atom. The third kappa shape index (κ3) is 5.70. The first-order valence-corrected chi connectivity index (χ1v) is 20.6. The molecule has 0 saturated carbocycles. The van der Waals surface area contributed by atoms with Gasteiger partial charge in [0.2, 0.25) is 0 Å². The molecule has 11 aromatic rings. The summed E-state index contributed by atoms with van der Waals surface area (Å²) in [6.07, 6.45) is 14.0. The minimum absolute atomic E-state index is 0.988. The van der Waals surface area contributed by atoms with E-state index in [0.29, 0.717) is 0 Å². The lowest BCUT2D eigenvalue weighted by atomic mass is 9.82. The Bertz CT molecular complexity index is 3430. The smallest absolute Gasteiger partial charge is 0.0794 e. The van der Waals surface area contributed by atoms with Crippen LogP contribution in [0, 0.1) is 0 Å². The van der Waals surface area contributed by atoms with Crippen LogP contribution in [0.4, 0.5) is 0 Å². The molecule has 60 heavy (non-hydrogen) atoms. The van der Waals surface area contributed by atoms with E-state index in [1.165, 1.54) is 59.8 Å². The third-order valence-corrected chi connectivity index (χ3v) is 12.0. The molecule has 8 aromatic carbocycles. The average molecular weight is 766 g/mol. The number of hydrogen-bond acceptors (Lipinski definition) is 3. The van der Waals surface area contributed by atoms with Gasteiger partial charge in [-0.2, -0.15) is 0 Å². The van der Waals surface area contributed by atoms with Crippen LogP contribution in [-0.2, 0) is 0 Å². The van der Waals surface area contributed by atoms with Gasteiger partial charge in [-0.25, -0.2) is 4.98 Å². The molecule has 0 atom stereocenters. The predicted molar refractivity (Wildman–Crippen MR) is 255 cm³/mol. The molecule has 0 bridgehead atoms. The standard InChI is InChI=1S/C57H39N3/c1-3-15-36(4-2)56-52-33-51(44-20-7-8-21-45(44)55(52)50-27-26-37-16-5-6-19-43(37)57(50)60-56)54-48-24-11-9-22-46(48)53(47-23-10-12-25-49(47)54)42-31-40(38-17-13-28-58-34-38)30-41(32-42)39-18-14-29-59-35-39/h3-35H,1-2H3/b15-3-,36-4+. The fraction of sp³-hybridized carbons (Fsp3) is 0.0351. The van der Waals surface area contributed by atoms with E-state index in [-0.39, 0.29) is 0 Å². The van der Waals surface area contributed by atoms with Gasteiger partial charge in [0.1, 0.15) is 0 Å². The predicted octanol–water partition coefficient (Wildman–Crippen LogP) is 15.4. The monoisotopic (exact) mass is 765 g/mol. The van der Waals surface area contributed by atoms with Crippen molar-refractivity contribution < 1.29 is 0 Å². The SMILES string of the molecule is C/C=C\C(=C/C)c1nc2c3ccccc3ccc2c2c1cc(-c1c3ccccc3c(-c3cc(-c4cccnc4)cc(-c4cccnc4)c3)c3ccccc13)c1ccccc12. The molecule has 0 radical (unpaired) electrons. The number of hydrogen-bond donors (Lipinski definition) is 0. The molecule has 0 unspecified atom stereocenters. The van der Waals surface area contributed by atoms with Crippen molar-refractivity contribution in [1.82, 2.24) is 15.0 Å². The van der Waals surface area contributed by atoms with Gasteiger partial charge >= 0.3 is 0 Å². The average Bonchev–Trinajstić information content (AvgIpc) is 3.32. The zero-order valence-electron chi connectivity index (χ0n) is 33.4. The molecule has 0 N–H and O–H groups in total. The van der Waals surface area contributed by atoms with Crippen molar-refractivity contribution >= 4 is 70.3 Å². The maximum Gasteiger partial charge on any atom is 0.0794 e. The van der Waals surface area contributed by atoms with Crippen LogP contribution in [0.3, 0.4) is 0 Å². The first-order valence-electron chi connectivity index (χ1n) is 20.6. The molecular formula is C57H39N3. The Morgan fingerprint density at radius 2 is 0.983 bits per heavy atom. The van der Waals surface area contributed by atoms with E-state index in [4.69, 9.17) is 4.98 Å². The van der Waals surface area contributed by atoms with Crippen LogP contribution in [0.1, 0.15) is 19.5 Å². The summed E-state index contributed by atoms with van der Waals surface area (Å²) in [5, 5.41) is 13.1. The second-order valence-corrected chi connectivity index (χ2v) is 15.4. The molecule has 3 aromatic heterocycles. The Hall–Kier alpha value is -7.75. The highest BCUT2D eigenvalue weighted by molar-refractivity contribution is 6.30. The quantitative estimate of drug-likeness (QED) is 0.0961. The number of nitrogens with zero attached hydrogens (tertiary/aromatic N) is 3. The highest BCUT2D eigenvalue weighted by atomic mass is 14.7. The molecule has 0 fully saturated rings. The van der Waals surface area contributed by atoms with E-state index in [1.807, 2.05) is 36.9 Å². The number of aromatic nitrogens is 3. The third-order valence-electron chi connectivity index (χ3n) is 12.0. The number of benzene rings is 8. The van der Waals surface area contributed by atoms with Gasteiger partial charge < -0.3 is 0 Å². The van der Waals surface area contributed by atoms with Crippen molar-refractivity contribution in [2.75, 3.05) is 0 Å². The summed E-state index contributed by atoms with van der Waals surface area (Å²) in [5.41, 5.74) is 12.2. The summed E-state index contributed by atoms with van der Waals surface area (Å²) in [6, 6.07) is 57.5. The van der Waals surface area contributed by atoms with E-state index in [2.05, 4.69) is 188 Å². The van der Waals surface area contributed by atoms with Crippen molar-refractivity contribution in [3.8, 4) is 44.5 Å². The highest BCUT2D eigenvalue weighted by Crippen LogP contribution is 2.49. The maximum atomic E-state index is 5.58. The van der Waals surface area contributed by atoms with E-state index < -0.39 is 0 Å². The summed E-state index contributed by atoms with van der Waals surface area (Å²) in [5.74, 6) is 0. The molecule has 0 amide bonds. The Kier molecular flexibility index (Phi) is 8.60. The van der Waals surface area contributed by atoms with Crippen LogP contribution in [0.2, 0.25) is 0 Å². The number of rotatable bonds is 6. The zero-order valence-corrected chi connectivity index (χ0v) is 33.4. The number of fused-ring (bicyclic) bond motifs is 9. The van der Waals surface area contributed by atoms with Crippen LogP contribution in [0.15, 0.2) is 201 Å². The van der Waals surface area contributed by atoms with Crippen molar-refractivity contribution in [3.05, 3.63) is 206 Å². The molecule has 3 heteroatoms. The summed E-state index contributed by atoms with van der Waals surface area (Å²) >= 11 is 0. The van der Waals surface area contributed by atoms with Gasteiger partial charge in [-0.15, -0.1) is 0 Å². The summed E-state index contributed by atoms with van der Waals surface area (Å²) < 4.78 is 0. The van der Waals surface area contributed by atoms with Crippen LogP contribution < -0.4 is 0 Å². The molecule has 0 aliphatic carbocycles. The van der Waals surface area contributed by atoms with Gasteiger partial charge in [0.05, 0.1) is 11.2 Å². The summed E-state index contributed by atoms with van der Waals surface area (Å²) in [4.78, 5) is 14.6. The molecule has 11 rings (SSSR count). The van der Waals surface area contributed by atoms with Crippen LogP contribution in [-0.4, -0.2) is 15.0 Å².